The smallest absolute Gasteiger partial charge is 0.337 e. The third kappa shape index (κ3) is 9.28. The fourth-order valence-corrected chi connectivity index (χ4v) is 5.88. The largest absolute Gasteiger partial charge is 0.478 e. The second kappa shape index (κ2) is 17.4. The summed E-state index contributed by atoms with van der Waals surface area (Å²) in [5, 5.41) is 40.7. The molecule has 0 saturated carbocycles. The van der Waals surface area contributed by atoms with Crippen molar-refractivity contribution in [2.24, 2.45) is 0 Å². The van der Waals surface area contributed by atoms with Crippen molar-refractivity contribution in [1.82, 2.24) is 0 Å². The Hall–Kier alpha value is -8.38. The number of aromatic carboxylic acids is 4. The lowest BCUT2D eigenvalue weighted by molar-refractivity contribution is 0.0650. The van der Waals surface area contributed by atoms with Gasteiger partial charge in [0.05, 0.1) is 22.3 Å². The lowest BCUT2D eigenvalue weighted by Crippen LogP contribution is -2.14. The summed E-state index contributed by atoms with van der Waals surface area (Å²) >= 11 is 0. The van der Waals surface area contributed by atoms with E-state index < -0.39 is 57.3 Å². The number of allylic oxidation sites excluding steroid dienone is 2. The first kappa shape index (κ1) is 39.3. The zero-order chi connectivity index (χ0) is 41.3. The molecule has 0 aromatic heterocycles. The van der Waals surface area contributed by atoms with Gasteiger partial charge < -0.3 is 29.9 Å². The topological polar surface area (TPSA) is 202 Å². The Morgan fingerprint density at radius 2 is 0.741 bits per heavy atom. The van der Waals surface area contributed by atoms with E-state index in [-0.39, 0.29) is 34.6 Å². The number of hydrogen-bond donors (Lipinski definition) is 4. The number of carboxylic acid groups (broad SMARTS) is 4. The molecule has 0 aliphatic rings. The van der Waals surface area contributed by atoms with E-state index in [4.69, 9.17) is 9.47 Å². The molecule has 0 heterocycles. The van der Waals surface area contributed by atoms with E-state index in [9.17, 15) is 49.2 Å². The molecule has 0 bridgehead atoms. The average molecular weight is 775 g/mol. The fraction of sp³-hybridized carbons (Fsp3) is 0. The molecule has 0 radical (unpaired) electrons. The van der Waals surface area contributed by atoms with Crippen molar-refractivity contribution in [2.45, 2.75) is 0 Å². The third-order valence-corrected chi connectivity index (χ3v) is 8.60. The number of rotatable bonds is 15. The minimum Gasteiger partial charge on any atom is -0.478 e. The van der Waals surface area contributed by atoms with Crippen LogP contribution < -0.4 is 9.47 Å². The summed E-state index contributed by atoms with van der Waals surface area (Å²) in [6.45, 7) is 0. The summed E-state index contributed by atoms with van der Waals surface area (Å²) in [5.74, 6) is -7.37. The van der Waals surface area contributed by atoms with Gasteiger partial charge in [-0.1, -0.05) is 97.1 Å². The van der Waals surface area contributed by atoms with Gasteiger partial charge >= 0.3 is 23.9 Å². The molecule has 0 unspecified atom stereocenters. The van der Waals surface area contributed by atoms with E-state index in [1.165, 1.54) is 36.4 Å². The van der Waals surface area contributed by atoms with E-state index in [2.05, 4.69) is 0 Å². The SMILES string of the molecule is O=C(/C=C/c1ccc(Oc2cc(C(=O)O)c(C(=O)O)c(-c3cc(Oc4ccc(/C=C/C(=O)c5ccccc5)cc4)cc(C(=O)O)c3C(=O)O)c2)cc1)c1ccccc1. The van der Waals surface area contributed by atoms with E-state index in [1.807, 2.05) is 0 Å². The predicted molar refractivity (Wildman–Crippen MR) is 212 cm³/mol. The van der Waals surface area contributed by atoms with E-state index in [1.54, 1.807) is 97.1 Å². The minimum absolute atomic E-state index is 0.168. The molecule has 6 aromatic rings. The first-order valence-corrected chi connectivity index (χ1v) is 17.3. The Labute approximate surface area is 329 Å². The first-order valence-electron chi connectivity index (χ1n) is 17.3. The number of carboxylic acids is 4. The molecule has 0 fully saturated rings. The molecule has 4 N–H and O–H groups in total. The molecule has 0 atom stereocenters. The molecule has 286 valence electrons. The highest BCUT2D eigenvalue weighted by Gasteiger charge is 2.30. The number of carbonyl (C=O) groups excluding carboxylic acids is 2. The second-order valence-electron chi connectivity index (χ2n) is 12.5. The third-order valence-electron chi connectivity index (χ3n) is 8.60. The van der Waals surface area contributed by atoms with Crippen LogP contribution in [0.15, 0.2) is 146 Å². The van der Waals surface area contributed by atoms with Crippen LogP contribution in [0.5, 0.6) is 23.0 Å². The minimum atomic E-state index is -1.74. The molecular formula is C46H30O12. The van der Waals surface area contributed by atoms with Crippen molar-refractivity contribution in [2.75, 3.05) is 0 Å². The van der Waals surface area contributed by atoms with Crippen molar-refractivity contribution in [3.05, 3.63) is 190 Å². The molecule has 6 rings (SSSR count). The molecule has 0 aliphatic heterocycles. The number of hydrogen-bond acceptors (Lipinski definition) is 8. The van der Waals surface area contributed by atoms with Gasteiger partial charge in [-0.25, -0.2) is 19.2 Å². The van der Waals surface area contributed by atoms with E-state index >= 15 is 0 Å². The first-order chi connectivity index (χ1) is 27.9. The van der Waals surface area contributed by atoms with Crippen LogP contribution in [-0.2, 0) is 0 Å². The van der Waals surface area contributed by atoms with Crippen LogP contribution in [0.25, 0.3) is 23.3 Å². The Morgan fingerprint density at radius 1 is 0.397 bits per heavy atom. The molecule has 12 nitrogen and oxygen atoms in total. The Morgan fingerprint density at radius 3 is 1.05 bits per heavy atom. The quantitative estimate of drug-likeness (QED) is 0.0569. The molecule has 0 spiro atoms. The van der Waals surface area contributed by atoms with E-state index in [0.29, 0.717) is 22.3 Å². The molecular weight excluding hydrogens is 744 g/mol. The predicted octanol–water partition coefficient (Wildman–Crippen LogP) is 9.52. The summed E-state index contributed by atoms with van der Waals surface area (Å²) in [7, 11) is 0. The van der Waals surface area contributed by atoms with Crippen LogP contribution in [0.4, 0.5) is 0 Å². The Bertz CT molecular complexity index is 2440. The van der Waals surface area contributed by atoms with Gasteiger partial charge in [0.1, 0.15) is 23.0 Å². The monoisotopic (exact) mass is 774 g/mol. The molecule has 0 amide bonds. The summed E-state index contributed by atoms with van der Waals surface area (Å²) in [6, 6.07) is 33.9. The molecule has 58 heavy (non-hydrogen) atoms. The van der Waals surface area contributed by atoms with Crippen LogP contribution in [0, 0.1) is 0 Å². The van der Waals surface area contributed by atoms with Crippen molar-refractivity contribution >= 4 is 47.6 Å². The second-order valence-corrected chi connectivity index (χ2v) is 12.5. The van der Waals surface area contributed by atoms with Gasteiger partial charge in [-0.05, 0) is 71.8 Å². The Balaban J connectivity index is 1.35. The molecule has 0 aliphatic carbocycles. The summed E-state index contributed by atoms with van der Waals surface area (Å²) in [5.41, 5.74) is -1.91. The number of carbonyl (C=O) groups is 6. The van der Waals surface area contributed by atoms with Crippen molar-refractivity contribution in [3.63, 3.8) is 0 Å². The van der Waals surface area contributed by atoms with E-state index in [0.717, 1.165) is 24.3 Å². The van der Waals surface area contributed by atoms with Crippen molar-refractivity contribution in [3.8, 4) is 34.1 Å². The summed E-state index contributed by atoms with van der Waals surface area (Å²) in [4.78, 5) is 75.2. The molecule has 12 heteroatoms. The fourth-order valence-electron chi connectivity index (χ4n) is 5.88. The maximum atomic E-state index is 12.7. The van der Waals surface area contributed by atoms with Crippen molar-refractivity contribution in [1.29, 1.82) is 0 Å². The highest BCUT2D eigenvalue weighted by atomic mass is 16.5. The van der Waals surface area contributed by atoms with Crippen LogP contribution in [-0.4, -0.2) is 55.9 Å². The van der Waals surface area contributed by atoms with Gasteiger partial charge in [0.25, 0.3) is 0 Å². The van der Waals surface area contributed by atoms with Crippen LogP contribution >= 0.6 is 0 Å². The maximum Gasteiger partial charge on any atom is 0.337 e. The normalized spacial score (nSPS) is 11.0. The van der Waals surface area contributed by atoms with Crippen LogP contribution in [0.3, 0.4) is 0 Å². The van der Waals surface area contributed by atoms with Crippen molar-refractivity contribution < 1.29 is 58.7 Å². The highest BCUT2D eigenvalue weighted by Crippen LogP contribution is 2.39. The average Bonchev–Trinajstić information content (AvgIpc) is 3.22. The molecule has 0 saturated heterocycles. The van der Waals surface area contributed by atoms with Crippen LogP contribution in [0.2, 0.25) is 0 Å². The summed E-state index contributed by atoms with van der Waals surface area (Å²) in [6.07, 6.45) is 5.97. The number of benzene rings is 6. The number of ether oxygens (including phenoxy) is 2. The number of ketones is 2. The maximum absolute atomic E-state index is 12.7. The lowest BCUT2D eigenvalue weighted by Gasteiger charge is -2.18. The van der Waals surface area contributed by atoms with Crippen LogP contribution in [0.1, 0.15) is 73.3 Å². The van der Waals surface area contributed by atoms with Gasteiger partial charge in [0.15, 0.2) is 11.6 Å². The lowest BCUT2D eigenvalue weighted by atomic mass is 9.89. The van der Waals surface area contributed by atoms with Gasteiger partial charge in [-0.2, -0.15) is 0 Å². The Kier molecular flexibility index (Phi) is 11.8. The van der Waals surface area contributed by atoms with Gasteiger partial charge in [-0.15, -0.1) is 0 Å². The van der Waals surface area contributed by atoms with Gasteiger partial charge in [0.2, 0.25) is 0 Å². The van der Waals surface area contributed by atoms with Gasteiger partial charge in [0, 0.05) is 22.3 Å². The zero-order valence-electron chi connectivity index (χ0n) is 30.1. The molecule has 6 aromatic carbocycles. The summed E-state index contributed by atoms with van der Waals surface area (Å²) < 4.78 is 11.8. The standard InChI is InChI=1S/C46H30O12/c47-39(29-7-3-1-4-8-29)21-15-27-11-17-31(18-12-27)57-33-23-35(41(45(53)54)37(25-33)43(49)50)36-24-34(26-38(44(51)52)42(36)46(55)56)58-32-19-13-28(14-20-32)16-22-40(48)30-9-5-2-6-10-30/h1-26H,(H,49,50)(H,51,52)(H,53,54)(H,55,56)/b21-15+,22-16+. The highest BCUT2D eigenvalue weighted by molar-refractivity contribution is 6.12. The van der Waals surface area contributed by atoms with Gasteiger partial charge in [-0.3, -0.25) is 9.59 Å². The zero-order valence-corrected chi connectivity index (χ0v) is 30.1.